The van der Waals surface area contributed by atoms with Gasteiger partial charge in [0.15, 0.2) is 0 Å². The molecule has 4 heteroatoms. The second-order valence-corrected chi connectivity index (χ2v) is 5.72. The van der Waals surface area contributed by atoms with Crippen molar-refractivity contribution in [1.82, 2.24) is 4.90 Å². The maximum atomic E-state index is 10.4. The Bertz CT molecular complexity index is 401. The van der Waals surface area contributed by atoms with E-state index in [-0.39, 0.29) is 0 Å². The fourth-order valence-corrected chi connectivity index (χ4v) is 2.66. The molecule has 1 N–H and O–H groups in total. The SMILES string of the molecule is CCCOc1ccc(C(O)CN(C)C2CCOCC2)cc1. The van der Waals surface area contributed by atoms with Crippen LogP contribution in [0.2, 0.25) is 0 Å². The Kier molecular flexibility index (Phi) is 6.49. The number of ether oxygens (including phenoxy) is 2. The predicted molar refractivity (Wildman–Crippen MR) is 83.7 cm³/mol. The Morgan fingerprint density at radius 2 is 1.95 bits per heavy atom. The topological polar surface area (TPSA) is 41.9 Å². The van der Waals surface area contributed by atoms with Crippen molar-refractivity contribution in [2.75, 3.05) is 33.4 Å². The third-order valence-corrected chi connectivity index (χ3v) is 4.01. The van der Waals surface area contributed by atoms with E-state index in [4.69, 9.17) is 9.47 Å². The minimum absolute atomic E-state index is 0.460. The standard InChI is InChI=1S/C17H27NO3/c1-3-10-21-16-6-4-14(5-7-16)17(19)13-18(2)15-8-11-20-12-9-15/h4-7,15,17,19H,3,8-13H2,1-2H3. The number of hydrogen-bond acceptors (Lipinski definition) is 4. The maximum Gasteiger partial charge on any atom is 0.119 e. The molecule has 0 radical (unpaired) electrons. The van der Waals surface area contributed by atoms with Gasteiger partial charge in [0.2, 0.25) is 0 Å². The maximum absolute atomic E-state index is 10.4. The molecule has 1 atom stereocenters. The molecule has 1 fully saturated rings. The molecule has 0 saturated carbocycles. The first-order valence-electron chi connectivity index (χ1n) is 7.89. The van der Waals surface area contributed by atoms with E-state index in [0.29, 0.717) is 12.6 Å². The van der Waals surface area contributed by atoms with Crippen molar-refractivity contribution >= 4 is 0 Å². The van der Waals surface area contributed by atoms with Crippen molar-refractivity contribution in [3.63, 3.8) is 0 Å². The van der Waals surface area contributed by atoms with Crippen molar-refractivity contribution in [3.05, 3.63) is 29.8 Å². The van der Waals surface area contributed by atoms with Crippen LogP contribution >= 0.6 is 0 Å². The van der Waals surface area contributed by atoms with Crippen LogP contribution in [0.4, 0.5) is 0 Å². The van der Waals surface area contributed by atoms with Crippen LogP contribution in [-0.2, 0) is 4.74 Å². The summed E-state index contributed by atoms with van der Waals surface area (Å²) in [5.41, 5.74) is 0.942. The van der Waals surface area contributed by atoms with Crippen molar-refractivity contribution in [2.24, 2.45) is 0 Å². The number of likely N-dealkylation sites (N-methyl/N-ethyl adjacent to an activating group) is 1. The van der Waals surface area contributed by atoms with E-state index in [9.17, 15) is 5.11 Å². The van der Waals surface area contributed by atoms with Crippen LogP contribution in [-0.4, -0.2) is 49.5 Å². The van der Waals surface area contributed by atoms with Crippen LogP contribution in [0, 0.1) is 0 Å². The van der Waals surface area contributed by atoms with Gasteiger partial charge in [0.1, 0.15) is 5.75 Å². The van der Waals surface area contributed by atoms with Gasteiger partial charge in [-0.3, -0.25) is 0 Å². The van der Waals surface area contributed by atoms with Gasteiger partial charge in [-0.05, 0) is 44.0 Å². The lowest BCUT2D eigenvalue weighted by Gasteiger charge is -2.32. The summed E-state index contributed by atoms with van der Waals surface area (Å²) in [5.74, 6) is 0.866. The first-order valence-corrected chi connectivity index (χ1v) is 7.89. The fourth-order valence-electron chi connectivity index (χ4n) is 2.66. The lowest BCUT2D eigenvalue weighted by atomic mass is 10.0. The Balaban J connectivity index is 1.85. The van der Waals surface area contributed by atoms with Crippen LogP contribution < -0.4 is 4.74 Å². The molecule has 0 bridgehead atoms. The highest BCUT2D eigenvalue weighted by Crippen LogP contribution is 2.21. The summed E-state index contributed by atoms with van der Waals surface area (Å²) >= 11 is 0. The lowest BCUT2D eigenvalue weighted by molar-refractivity contribution is 0.0253. The van der Waals surface area contributed by atoms with Crippen LogP contribution in [0.15, 0.2) is 24.3 Å². The lowest BCUT2D eigenvalue weighted by Crippen LogP contribution is -2.38. The van der Waals surface area contributed by atoms with E-state index in [2.05, 4.69) is 18.9 Å². The third-order valence-electron chi connectivity index (χ3n) is 4.01. The highest BCUT2D eigenvalue weighted by molar-refractivity contribution is 5.28. The molecule has 1 saturated heterocycles. The Morgan fingerprint density at radius 3 is 2.57 bits per heavy atom. The van der Waals surface area contributed by atoms with Crippen LogP contribution in [0.5, 0.6) is 5.75 Å². The minimum Gasteiger partial charge on any atom is -0.494 e. The summed E-state index contributed by atoms with van der Waals surface area (Å²) in [6.07, 6.45) is 2.64. The molecule has 2 rings (SSSR count). The van der Waals surface area contributed by atoms with Crippen molar-refractivity contribution < 1.29 is 14.6 Å². The second-order valence-electron chi connectivity index (χ2n) is 5.72. The number of nitrogens with zero attached hydrogens (tertiary/aromatic N) is 1. The molecule has 1 aromatic carbocycles. The minimum atomic E-state index is -0.460. The molecular weight excluding hydrogens is 266 g/mol. The molecular formula is C17H27NO3. The molecule has 1 aliphatic rings. The normalized spacial score (nSPS) is 17.9. The molecule has 0 spiro atoms. The molecule has 21 heavy (non-hydrogen) atoms. The van der Waals surface area contributed by atoms with Gasteiger partial charge in [0, 0.05) is 25.8 Å². The van der Waals surface area contributed by atoms with Gasteiger partial charge in [-0.15, -0.1) is 0 Å². The van der Waals surface area contributed by atoms with Gasteiger partial charge >= 0.3 is 0 Å². The van der Waals surface area contributed by atoms with E-state index in [1.165, 1.54) is 0 Å². The van der Waals surface area contributed by atoms with Crippen LogP contribution in [0.3, 0.4) is 0 Å². The van der Waals surface area contributed by atoms with E-state index in [1.807, 2.05) is 24.3 Å². The zero-order valence-corrected chi connectivity index (χ0v) is 13.1. The zero-order chi connectivity index (χ0) is 15.1. The van der Waals surface area contributed by atoms with E-state index in [1.54, 1.807) is 0 Å². The molecule has 0 aliphatic carbocycles. The smallest absolute Gasteiger partial charge is 0.119 e. The number of hydrogen-bond donors (Lipinski definition) is 1. The average molecular weight is 293 g/mol. The quantitative estimate of drug-likeness (QED) is 0.839. The monoisotopic (exact) mass is 293 g/mol. The number of benzene rings is 1. The number of rotatable bonds is 7. The summed E-state index contributed by atoms with van der Waals surface area (Å²) in [7, 11) is 2.08. The summed E-state index contributed by atoms with van der Waals surface area (Å²) in [4.78, 5) is 2.24. The molecule has 0 amide bonds. The summed E-state index contributed by atoms with van der Waals surface area (Å²) in [6, 6.07) is 8.28. The molecule has 4 nitrogen and oxygen atoms in total. The highest BCUT2D eigenvalue weighted by Gasteiger charge is 2.21. The van der Waals surface area contributed by atoms with Crippen molar-refractivity contribution in [2.45, 2.75) is 38.3 Å². The third kappa shape index (κ3) is 4.99. The van der Waals surface area contributed by atoms with Gasteiger partial charge < -0.3 is 19.5 Å². The molecule has 1 aromatic rings. The second kappa shape index (κ2) is 8.37. The Hall–Kier alpha value is -1.10. The van der Waals surface area contributed by atoms with Crippen molar-refractivity contribution in [1.29, 1.82) is 0 Å². The number of aliphatic hydroxyl groups is 1. The van der Waals surface area contributed by atoms with E-state index in [0.717, 1.165) is 50.4 Å². The number of aliphatic hydroxyl groups excluding tert-OH is 1. The van der Waals surface area contributed by atoms with Gasteiger partial charge in [-0.25, -0.2) is 0 Å². The highest BCUT2D eigenvalue weighted by atomic mass is 16.5. The molecule has 118 valence electrons. The summed E-state index contributed by atoms with van der Waals surface area (Å²) < 4.78 is 10.9. The largest absolute Gasteiger partial charge is 0.494 e. The van der Waals surface area contributed by atoms with Crippen LogP contribution in [0.1, 0.15) is 37.9 Å². The van der Waals surface area contributed by atoms with E-state index >= 15 is 0 Å². The first-order chi connectivity index (χ1) is 10.2. The zero-order valence-electron chi connectivity index (χ0n) is 13.1. The Morgan fingerprint density at radius 1 is 1.29 bits per heavy atom. The van der Waals surface area contributed by atoms with Gasteiger partial charge in [-0.1, -0.05) is 19.1 Å². The van der Waals surface area contributed by atoms with Crippen molar-refractivity contribution in [3.8, 4) is 5.75 Å². The fraction of sp³-hybridized carbons (Fsp3) is 0.647. The molecule has 0 aromatic heterocycles. The van der Waals surface area contributed by atoms with Gasteiger partial charge in [-0.2, -0.15) is 0 Å². The predicted octanol–water partition coefficient (Wildman–Crippen LogP) is 2.62. The molecule has 1 aliphatic heterocycles. The van der Waals surface area contributed by atoms with Crippen LogP contribution in [0.25, 0.3) is 0 Å². The van der Waals surface area contributed by atoms with Gasteiger partial charge in [0.05, 0.1) is 12.7 Å². The summed E-state index contributed by atoms with van der Waals surface area (Å²) in [6.45, 7) is 5.13. The molecule has 1 heterocycles. The Labute approximate surface area is 127 Å². The average Bonchev–Trinajstić information content (AvgIpc) is 2.54. The first kappa shape index (κ1) is 16.3. The van der Waals surface area contributed by atoms with Gasteiger partial charge in [0.25, 0.3) is 0 Å². The molecule has 1 unspecified atom stereocenters. The van der Waals surface area contributed by atoms with E-state index < -0.39 is 6.10 Å². The summed E-state index contributed by atoms with van der Waals surface area (Å²) in [5, 5.41) is 10.4.